The first kappa shape index (κ1) is 27.9. The second-order valence-electron chi connectivity index (χ2n) is 10.5. The van der Waals surface area contributed by atoms with E-state index in [0.29, 0.717) is 44.1 Å². The first-order valence-electron chi connectivity index (χ1n) is 13.6. The number of likely N-dealkylation sites (tertiary alicyclic amines) is 1. The zero-order valence-electron chi connectivity index (χ0n) is 22.6. The Hall–Kier alpha value is -3.10. The molecule has 2 aromatic carbocycles. The molecule has 0 unspecified atom stereocenters. The molecule has 0 saturated carbocycles. The minimum Gasteiger partial charge on any atom is -0.494 e. The third kappa shape index (κ3) is 7.05. The SMILES string of the molecule is CCOc1ccc(N2CCC(CN(C)C(=O)N3CCC(Nc4ccc(C)c(C(F)(F)F)c4)CC3)CC2)cc1. The van der Waals surface area contributed by atoms with Crippen molar-refractivity contribution in [1.82, 2.24) is 9.80 Å². The predicted molar refractivity (Wildman–Crippen MR) is 145 cm³/mol. The number of piperidine rings is 2. The number of ether oxygens (including phenoxy) is 1. The van der Waals surface area contributed by atoms with Crippen LogP contribution in [0.1, 0.15) is 43.7 Å². The highest BCUT2D eigenvalue weighted by Gasteiger charge is 2.33. The molecule has 0 aromatic heterocycles. The summed E-state index contributed by atoms with van der Waals surface area (Å²) in [5.41, 5.74) is 1.28. The number of nitrogens with one attached hydrogen (secondary N) is 1. The third-order valence-corrected chi connectivity index (χ3v) is 7.67. The van der Waals surface area contributed by atoms with Crippen LogP contribution in [0.25, 0.3) is 0 Å². The number of anilines is 2. The zero-order valence-corrected chi connectivity index (χ0v) is 22.6. The maximum atomic E-state index is 13.2. The van der Waals surface area contributed by atoms with Crippen molar-refractivity contribution in [1.29, 1.82) is 0 Å². The summed E-state index contributed by atoms with van der Waals surface area (Å²) < 4.78 is 45.3. The smallest absolute Gasteiger partial charge is 0.416 e. The van der Waals surface area contributed by atoms with Gasteiger partial charge < -0.3 is 24.8 Å². The normalized spacial score (nSPS) is 17.4. The van der Waals surface area contributed by atoms with Gasteiger partial charge in [0.2, 0.25) is 0 Å². The van der Waals surface area contributed by atoms with Crippen LogP contribution in [0.15, 0.2) is 42.5 Å². The van der Waals surface area contributed by atoms with E-state index in [-0.39, 0.29) is 17.6 Å². The van der Waals surface area contributed by atoms with Crippen LogP contribution >= 0.6 is 0 Å². The first-order chi connectivity index (χ1) is 18.1. The molecule has 2 fully saturated rings. The van der Waals surface area contributed by atoms with Crippen LogP contribution in [0.4, 0.5) is 29.3 Å². The quantitative estimate of drug-likeness (QED) is 0.458. The van der Waals surface area contributed by atoms with E-state index < -0.39 is 11.7 Å². The lowest BCUT2D eigenvalue weighted by molar-refractivity contribution is -0.138. The molecule has 4 rings (SSSR count). The van der Waals surface area contributed by atoms with Gasteiger partial charge in [0.15, 0.2) is 0 Å². The number of carbonyl (C=O) groups is 1. The molecular formula is C29H39F3N4O2. The summed E-state index contributed by atoms with van der Waals surface area (Å²) in [6, 6.07) is 12.7. The topological polar surface area (TPSA) is 48.1 Å². The lowest BCUT2D eigenvalue weighted by Gasteiger charge is -2.38. The van der Waals surface area contributed by atoms with Crippen LogP contribution in [0.2, 0.25) is 0 Å². The second kappa shape index (κ2) is 12.2. The van der Waals surface area contributed by atoms with Gasteiger partial charge in [0, 0.05) is 57.2 Å². The van der Waals surface area contributed by atoms with Crippen molar-refractivity contribution < 1.29 is 22.7 Å². The van der Waals surface area contributed by atoms with E-state index in [1.165, 1.54) is 24.7 Å². The molecule has 0 spiro atoms. The highest BCUT2D eigenvalue weighted by molar-refractivity contribution is 5.74. The minimum atomic E-state index is -4.37. The maximum Gasteiger partial charge on any atom is 0.416 e. The molecule has 208 valence electrons. The molecule has 2 heterocycles. The first-order valence-corrected chi connectivity index (χ1v) is 13.6. The summed E-state index contributed by atoms with van der Waals surface area (Å²) in [5.74, 6) is 1.35. The van der Waals surface area contributed by atoms with Crippen LogP contribution in [0.3, 0.4) is 0 Å². The average molecular weight is 533 g/mol. The number of urea groups is 1. The van der Waals surface area contributed by atoms with Crippen LogP contribution in [0.5, 0.6) is 5.75 Å². The Kier molecular flexibility index (Phi) is 8.95. The highest BCUT2D eigenvalue weighted by Crippen LogP contribution is 2.34. The molecule has 1 N–H and O–H groups in total. The summed E-state index contributed by atoms with van der Waals surface area (Å²) in [4.78, 5) is 19.2. The number of amides is 2. The number of halogens is 3. The van der Waals surface area contributed by atoms with Gasteiger partial charge in [0.05, 0.1) is 12.2 Å². The third-order valence-electron chi connectivity index (χ3n) is 7.67. The molecule has 2 amide bonds. The van der Waals surface area contributed by atoms with Gasteiger partial charge in [0.25, 0.3) is 0 Å². The van der Waals surface area contributed by atoms with Gasteiger partial charge in [-0.25, -0.2) is 4.79 Å². The Labute approximate surface area is 223 Å². The number of nitrogens with zero attached hydrogens (tertiary/aromatic N) is 3. The lowest BCUT2D eigenvalue weighted by atomic mass is 9.96. The number of carbonyl (C=O) groups excluding carboxylic acids is 1. The van der Waals surface area contributed by atoms with Crippen molar-refractivity contribution in [2.24, 2.45) is 5.92 Å². The summed E-state index contributed by atoms with van der Waals surface area (Å²) in [5, 5.41) is 3.24. The van der Waals surface area contributed by atoms with Gasteiger partial charge >= 0.3 is 12.2 Å². The van der Waals surface area contributed by atoms with E-state index in [4.69, 9.17) is 4.74 Å². The summed E-state index contributed by atoms with van der Waals surface area (Å²) in [7, 11) is 1.87. The van der Waals surface area contributed by atoms with Crippen molar-refractivity contribution >= 4 is 17.4 Å². The molecule has 2 aliphatic heterocycles. The highest BCUT2D eigenvalue weighted by atomic mass is 19.4. The van der Waals surface area contributed by atoms with E-state index >= 15 is 0 Å². The van der Waals surface area contributed by atoms with E-state index in [0.717, 1.165) is 38.2 Å². The minimum absolute atomic E-state index is 0.0343. The number of aryl methyl sites for hydroxylation is 1. The monoisotopic (exact) mass is 532 g/mol. The molecule has 2 saturated heterocycles. The fourth-order valence-corrected chi connectivity index (χ4v) is 5.47. The van der Waals surface area contributed by atoms with Crippen LogP contribution in [-0.4, -0.2) is 68.3 Å². The van der Waals surface area contributed by atoms with Gasteiger partial charge in [-0.05, 0) is 87.4 Å². The van der Waals surface area contributed by atoms with Gasteiger partial charge in [-0.2, -0.15) is 13.2 Å². The predicted octanol–water partition coefficient (Wildman–Crippen LogP) is 6.26. The Morgan fingerprint density at radius 2 is 1.68 bits per heavy atom. The van der Waals surface area contributed by atoms with Gasteiger partial charge in [-0.15, -0.1) is 0 Å². The second-order valence-corrected chi connectivity index (χ2v) is 10.5. The Bertz CT molecular complexity index is 1060. The van der Waals surface area contributed by atoms with Crippen molar-refractivity contribution in [2.45, 2.75) is 51.7 Å². The Balaban J connectivity index is 1.20. The maximum absolute atomic E-state index is 13.2. The Morgan fingerprint density at radius 3 is 2.29 bits per heavy atom. The largest absolute Gasteiger partial charge is 0.494 e. The standard InChI is InChI=1S/C29H39F3N4O2/c1-4-38-26-9-7-25(8-10-26)35-15-11-22(12-16-35)20-34(3)28(37)36-17-13-23(14-18-36)33-24-6-5-21(2)27(19-24)29(30,31)32/h5-10,19,22-23,33H,4,11-18,20H2,1-3H3. The molecule has 6 nitrogen and oxygen atoms in total. The van der Waals surface area contributed by atoms with E-state index in [1.807, 2.05) is 35.9 Å². The van der Waals surface area contributed by atoms with Crippen molar-refractivity contribution in [2.75, 3.05) is 56.6 Å². The summed E-state index contributed by atoms with van der Waals surface area (Å²) in [6.07, 6.45) is -0.890. The van der Waals surface area contributed by atoms with E-state index in [2.05, 4.69) is 22.3 Å². The van der Waals surface area contributed by atoms with Crippen molar-refractivity contribution in [3.05, 3.63) is 53.6 Å². The van der Waals surface area contributed by atoms with Gasteiger partial charge in [-0.1, -0.05) is 6.07 Å². The molecule has 38 heavy (non-hydrogen) atoms. The lowest BCUT2D eigenvalue weighted by Crippen LogP contribution is -2.49. The van der Waals surface area contributed by atoms with Gasteiger partial charge in [0.1, 0.15) is 5.75 Å². The molecule has 0 bridgehead atoms. The molecule has 0 radical (unpaired) electrons. The number of rotatable bonds is 7. The number of alkyl halides is 3. The molecule has 0 aliphatic carbocycles. The van der Waals surface area contributed by atoms with Crippen LogP contribution < -0.4 is 15.0 Å². The summed E-state index contributed by atoms with van der Waals surface area (Å²) >= 11 is 0. The fraction of sp³-hybridized carbons (Fsp3) is 0.552. The van der Waals surface area contributed by atoms with E-state index in [1.54, 1.807) is 6.07 Å². The average Bonchev–Trinajstić information content (AvgIpc) is 2.90. The van der Waals surface area contributed by atoms with Gasteiger partial charge in [-0.3, -0.25) is 0 Å². The van der Waals surface area contributed by atoms with Crippen molar-refractivity contribution in [3.8, 4) is 5.75 Å². The molecule has 2 aromatic rings. The number of hydrogen-bond acceptors (Lipinski definition) is 4. The Morgan fingerprint density at radius 1 is 1.03 bits per heavy atom. The van der Waals surface area contributed by atoms with Crippen molar-refractivity contribution in [3.63, 3.8) is 0 Å². The molecule has 0 atom stereocenters. The molecular weight excluding hydrogens is 493 g/mol. The van der Waals surface area contributed by atoms with E-state index in [9.17, 15) is 18.0 Å². The number of hydrogen-bond donors (Lipinski definition) is 1. The fourth-order valence-electron chi connectivity index (χ4n) is 5.47. The summed E-state index contributed by atoms with van der Waals surface area (Å²) in [6.45, 7) is 7.95. The van der Waals surface area contributed by atoms with Crippen LogP contribution in [0, 0.1) is 12.8 Å². The van der Waals surface area contributed by atoms with Crippen LogP contribution in [-0.2, 0) is 6.18 Å². The molecule has 9 heteroatoms. The zero-order chi connectivity index (χ0) is 27.3. The number of benzene rings is 2. The molecule has 2 aliphatic rings.